The maximum Gasteiger partial charge on any atom is 0.119 e. The molecule has 3 unspecified atom stereocenters. The Hall–Kier alpha value is -0.580. The van der Waals surface area contributed by atoms with Crippen LogP contribution >= 0.6 is 15.9 Å². The van der Waals surface area contributed by atoms with E-state index in [-0.39, 0.29) is 6.04 Å². The fourth-order valence-corrected chi connectivity index (χ4v) is 3.85. The summed E-state index contributed by atoms with van der Waals surface area (Å²) < 4.78 is 6.46. The maximum absolute atomic E-state index is 6.08. The Bertz CT molecular complexity index is 442. The van der Waals surface area contributed by atoms with E-state index in [1.54, 1.807) is 7.11 Å². The van der Waals surface area contributed by atoms with Crippen molar-refractivity contribution in [2.45, 2.75) is 26.3 Å². The Kier molecular flexibility index (Phi) is 5.47. The van der Waals surface area contributed by atoms with Gasteiger partial charge in [0.25, 0.3) is 0 Å². The summed E-state index contributed by atoms with van der Waals surface area (Å²) in [6.45, 7) is 7.53. The van der Waals surface area contributed by atoms with Gasteiger partial charge in [0, 0.05) is 30.1 Å². The molecule has 0 amide bonds. The number of benzene rings is 1. The van der Waals surface area contributed by atoms with Crippen molar-refractivity contribution in [3.63, 3.8) is 0 Å². The fourth-order valence-electron chi connectivity index (χ4n) is 3.34. The summed E-state index contributed by atoms with van der Waals surface area (Å²) >= 11 is 3.66. The molecule has 4 heteroatoms. The second kappa shape index (κ2) is 6.92. The quantitative estimate of drug-likeness (QED) is 0.912. The normalized spacial score (nSPS) is 25.4. The van der Waals surface area contributed by atoms with Gasteiger partial charge < -0.3 is 10.5 Å². The number of piperidine rings is 1. The van der Waals surface area contributed by atoms with Crippen molar-refractivity contribution < 1.29 is 4.74 Å². The molecule has 1 heterocycles. The van der Waals surface area contributed by atoms with E-state index in [9.17, 15) is 0 Å². The first-order chi connectivity index (χ1) is 9.55. The van der Waals surface area contributed by atoms with Crippen molar-refractivity contribution in [2.75, 3.05) is 26.7 Å². The van der Waals surface area contributed by atoms with Crippen molar-refractivity contribution >= 4 is 15.9 Å². The van der Waals surface area contributed by atoms with Crippen LogP contribution in [-0.2, 0) is 0 Å². The van der Waals surface area contributed by atoms with E-state index >= 15 is 0 Å². The minimum atomic E-state index is 0.254. The summed E-state index contributed by atoms with van der Waals surface area (Å²) in [5, 5.41) is 0. The van der Waals surface area contributed by atoms with Crippen LogP contribution in [0.5, 0.6) is 5.75 Å². The number of rotatable bonds is 4. The third-order valence-corrected chi connectivity index (χ3v) is 4.85. The summed E-state index contributed by atoms with van der Waals surface area (Å²) in [5.74, 6) is 2.36. The molecule has 1 aliphatic heterocycles. The van der Waals surface area contributed by atoms with Crippen LogP contribution < -0.4 is 10.5 Å². The molecule has 1 aromatic rings. The predicted molar refractivity (Wildman–Crippen MR) is 87.0 cm³/mol. The number of nitrogens with zero attached hydrogens (tertiary/aromatic N) is 1. The van der Waals surface area contributed by atoms with Crippen LogP contribution in [-0.4, -0.2) is 31.6 Å². The zero-order valence-corrected chi connectivity index (χ0v) is 14.2. The van der Waals surface area contributed by atoms with E-state index in [2.05, 4.69) is 40.7 Å². The Morgan fingerprint density at radius 1 is 1.35 bits per heavy atom. The van der Waals surface area contributed by atoms with Gasteiger partial charge in [0.2, 0.25) is 0 Å². The summed E-state index contributed by atoms with van der Waals surface area (Å²) in [4.78, 5) is 2.53. The van der Waals surface area contributed by atoms with Gasteiger partial charge in [-0.2, -0.15) is 0 Å². The van der Waals surface area contributed by atoms with Gasteiger partial charge in [0.05, 0.1) is 7.11 Å². The van der Waals surface area contributed by atoms with E-state index < -0.39 is 0 Å². The van der Waals surface area contributed by atoms with Crippen LogP contribution in [0, 0.1) is 11.8 Å². The monoisotopic (exact) mass is 340 g/mol. The van der Waals surface area contributed by atoms with Crippen LogP contribution in [0.4, 0.5) is 0 Å². The number of nitrogens with two attached hydrogens (primary N) is 1. The van der Waals surface area contributed by atoms with Crippen molar-refractivity contribution in [3.05, 3.63) is 28.2 Å². The standard InChI is InChI=1S/C16H25BrN2O/c1-11-6-12(2)10-19(9-11)16(8-18)14-7-13(20-3)4-5-15(14)17/h4-5,7,11-12,16H,6,8-10,18H2,1-3H3. The van der Waals surface area contributed by atoms with Crippen LogP contribution in [0.25, 0.3) is 0 Å². The lowest BCUT2D eigenvalue weighted by Gasteiger charge is -2.40. The van der Waals surface area contributed by atoms with Gasteiger partial charge in [-0.15, -0.1) is 0 Å². The largest absolute Gasteiger partial charge is 0.497 e. The predicted octanol–water partition coefficient (Wildman–Crippen LogP) is 3.44. The van der Waals surface area contributed by atoms with E-state index in [1.807, 2.05) is 12.1 Å². The Balaban J connectivity index is 2.27. The molecule has 3 atom stereocenters. The average Bonchev–Trinajstić information content (AvgIpc) is 2.40. The van der Waals surface area contributed by atoms with Crippen LogP contribution in [0.2, 0.25) is 0 Å². The van der Waals surface area contributed by atoms with Gasteiger partial charge in [0.1, 0.15) is 5.75 Å². The van der Waals surface area contributed by atoms with E-state index in [4.69, 9.17) is 10.5 Å². The first-order valence-electron chi connectivity index (χ1n) is 7.32. The van der Waals surface area contributed by atoms with E-state index in [0.29, 0.717) is 6.54 Å². The first-order valence-corrected chi connectivity index (χ1v) is 8.12. The Labute approximate surface area is 130 Å². The van der Waals surface area contributed by atoms with Gasteiger partial charge >= 0.3 is 0 Å². The molecule has 1 saturated heterocycles. The van der Waals surface area contributed by atoms with Crippen molar-refractivity contribution in [3.8, 4) is 5.75 Å². The molecule has 112 valence electrons. The third-order valence-electron chi connectivity index (χ3n) is 4.12. The summed E-state index contributed by atoms with van der Waals surface area (Å²) in [7, 11) is 1.70. The second-order valence-corrected chi connectivity index (χ2v) is 6.89. The van der Waals surface area contributed by atoms with E-state index in [1.165, 1.54) is 12.0 Å². The fraction of sp³-hybridized carbons (Fsp3) is 0.625. The lowest BCUT2D eigenvalue weighted by Crippen LogP contribution is -2.43. The molecule has 1 aliphatic rings. The molecule has 3 nitrogen and oxygen atoms in total. The van der Waals surface area contributed by atoms with Gasteiger partial charge in [-0.3, -0.25) is 4.90 Å². The summed E-state index contributed by atoms with van der Waals surface area (Å²) in [6.07, 6.45) is 1.31. The lowest BCUT2D eigenvalue weighted by molar-refractivity contribution is 0.0980. The zero-order valence-electron chi connectivity index (χ0n) is 12.6. The molecule has 0 saturated carbocycles. The molecule has 0 aromatic heterocycles. The van der Waals surface area contributed by atoms with Crippen molar-refractivity contribution in [2.24, 2.45) is 17.6 Å². The first kappa shape index (κ1) is 15.8. The number of hydrogen-bond donors (Lipinski definition) is 1. The lowest BCUT2D eigenvalue weighted by atomic mass is 9.89. The highest BCUT2D eigenvalue weighted by molar-refractivity contribution is 9.10. The van der Waals surface area contributed by atoms with Crippen LogP contribution in [0.1, 0.15) is 31.9 Å². The molecule has 20 heavy (non-hydrogen) atoms. The average molecular weight is 341 g/mol. The number of hydrogen-bond acceptors (Lipinski definition) is 3. The molecule has 0 aliphatic carbocycles. The molecule has 2 rings (SSSR count). The SMILES string of the molecule is COc1ccc(Br)c(C(CN)N2CC(C)CC(C)C2)c1. The third kappa shape index (κ3) is 3.54. The van der Waals surface area contributed by atoms with Crippen LogP contribution in [0.15, 0.2) is 22.7 Å². The highest BCUT2D eigenvalue weighted by atomic mass is 79.9. The van der Waals surface area contributed by atoms with Crippen molar-refractivity contribution in [1.82, 2.24) is 4.90 Å². The number of halogens is 1. The smallest absolute Gasteiger partial charge is 0.119 e. The second-order valence-electron chi connectivity index (χ2n) is 6.04. The number of ether oxygens (including phenoxy) is 1. The van der Waals surface area contributed by atoms with E-state index in [0.717, 1.165) is 35.1 Å². The van der Waals surface area contributed by atoms with Crippen molar-refractivity contribution in [1.29, 1.82) is 0 Å². The summed E-state index contributed by atoms with van der Waals surface area (Å²) in [5.41, 5.74) is 7.31. The molecule has 1 aromatic carbocycles. The zero-order chi connectivity index (χ0) is 14.7. The molecule has 0 radical (unpaired) electrons. The molecule has 0 bridgehead atoms. The topological polar surface area (TPSA) is 38.5 Å². The number of likely N-dealkylation sites (tertiary alicyclic amines) is 1. The van der Waals surface area contributed by atoms with Gasteiger partial charge in [-0.05, 0) is 42.0 Å². The van der Waals surface area contributed by atoms with Crippen LogP contribution in [0.3, 0.4) is 0 Å². The Morgan fingerprint density at radius 2 is 2.00 bits per heavy atom. The minimum absolute atomic E-state index is 0.254. The molecule has 1 fully saturated rings. The Morgan fingerprint density at radius 3 is 2.55 bits per heavy atom. The van der Waals surface area contributed by atoms with Gasteiger partial charge in [-0.25, -0.2) is 0 Å². The molecular formula is C16H25BrN2O. The molecule has 0 spiro atoms. The highest BCUT2D eigenvalue weighted by Gasteiger charge is 2.28. The summed E-state index contributed by atoms with van der Waals surface area (Å²) in [6, 6.07) is 6.38. The maximum atomic E-state index is 6.08. The van der Waals surface area contributed by atoms with Gasteiger partial charge in [-0.1, -0.05) is 29.8 Å². The molecule has 2 N–H and O–H groups in total. The number of methoxy groups -OCH3 is 1. The van der Waals surface area contributed by atoms with Gasteiger partial charge in [0.15, 0.2) is 0 Å². The highest BCUT2D eigenvalue weighted by Crippen LogP contribution is 2.34. The minimum Gasteiger partial charge on any atom is -0.497 e. The molecular weight excluding hydrogens is 316 g/mol.